The van der Waals surface area contributed by atoms with Crippen molar-refractivity contribution in [2.24, 2.45) is 0 Å². The van der Waals surface area contributed by atoms with Gasteiger partial charge in [0.2, 0.25) is 0 Å². The molecule has 0 radical (unpaired) electrons. The van der Waals surface area contributed by atoms with Crippen molar-refractivity contribution in [1.29, 1.82) is 0 Å². The summed E-state index contributed by atoms with van der Waals surface area (Å²) in [7, 11) is 0. The average molecular weight is 326 g/mol. The maximum atomic E-state index is 6.35. The maximum Gasteiger partial charge on any atom is 0.0548 e. The van der Waals surface area contributed by atoms with Crippen molar-refractivity contribution in [3.05, 3.63) is 58.1 Å². The summed E-state index contributed by atoms with van der Waals surface area (Å²) in [6.07, 6.45) is 1.14. The van der Waals surface area contributed by atoms with Gasteiger partial charge in [-0.2, -0.15) is 0 Å². The van der Waals surface area contributed by atoms with E-state index in [1.54, 1.807) is 11.8 Å². The van der Waals surface area contributed by atoms with Crippen LogP contribution >= 0.6 is 35.0 Å². The molecule has 2 aromatic rings. The third-order valence-corrected chi connectivity index (χ3v) is 4.50. The number of hydrogen-bond acceptors (Lipinski definition) is 2. The Kier molecular flexibility index (Phi) is 6.24. The quantitative estimate of drug-likeness (QED) is 0.689. The molecule has 106 valence electrons. The normalized spacial score (nSPS) is 10.8. The van der Waals surface area contributed by atoms with Gasteiger partial charge in [-0.15, -0.1) is 0 Å². The van der Waals surface area contributed by atoms with Gasteiger partial charge in [0.05, 0.1) is 5.02 Å². The van der Waals surface area contributed by atoms with Crippen LogP contribution in [0.15, 0.2) is 52.3 Å². The first kappa shape index (κ1) is 15.7. The standard InChI is InChI=1S/C16H17Cl2NS/c1-2-8-19-11-12-6-7-16(15(18)9-12)20-14-5-3-4-13(17)10-14/h3-7,9-10,19H,2,8,11H2,1H3. The van der Waals surface area contributed by atoms with Gasteiger partial charge in [-0.25, -0.2) is 0 Å². The Hall–Kier alpha value is -0.670. The van der Waals surface area contributed by atoms with E-state index in [-0.39, 0.29) is 0 Å². The molecule has 0 aliphatic rings. The van der Waals surface area contributed by atoms with Gasteiger partial charge in [0, 0.05) is 21.4 Å². The molecule has 0 aromatic heterocycles. The first-order valence-corrected chi connectivity index (χ1v) is 8.19. The molecule has 0 aliphatic carbocycles. The lowest BCUT2D eigenvalue weighted by Crippen LogP contribution is -2.13. The molecule has 0 amide bonds. The van der Waals surface area contributed by atoms with Crippen molar-refractivity contribution in [2.45, 2.75) is 29.7 Å². The van der Waals surface area contributed by atoms with Crippen molar-refractivity contribution in [1.82, 2.24) is 5.32 Å². The lowest BCUT2D eigenvalue weighted by atomic mass is 10.2. The number of benzene rings is 2. The van der Waals surface area contributed by atoms with Gasteiger partial charge in [-0.05, 0) is 48.9 Å². The Morgan fingerprint density at radius 1 is 1.10 bits per heavy atom. The summed E-state index contributed by atoms with van der Waals surface area (Å²) in [5.41, 5.74) is 1.21. The van der Waals surface area contributed by atoms with E-state index in [1.807, 2.05) is 30.3 Å². The fourth-order valence-electron chi connectivity index (χ4n) is 1.80. The zero-order valence-corrected chi connectivity index (χ0v) is 13.7. The minimum absolute atomic E-state index is 0.742. The molecule has 1 nitrogen and oxygen atoms in total. The predicted molar refractivity (Wildman–Crippen MR) is 89.0 cm³/mol. The molecule has 20 heavy (non-hydrogen) atoms. The van der Waals surface area contributed by atoms with E-state index in [9.17, 15) is 0 Å². The van der Waals surface area contributed by atoms with Gasteiger partial charge in [-0.1, -0.05) is 54.0 Å². The monoisotopic (exact) mass is 325 g/mol. The van der Waals surface area contributed by atoms with Gasteiger partial charge in [0.25, 0.3) is 0 Å². The van der Waals surface area contributed by atoms with Gasteiger partial charge in [0.1, 0.15) is 0 Å². The van der Waals surface area contributed by atoms with E-state index in [4.69, 9.17) is 23.2 Å². The molecule has 0 saturated carbocycles. The lowest BCUT2D eigenvalue weighted by molar-refractivity contribution is 0.675. The van der Waals surface area contributed by atoms with Crippen LogP contribution in [-0.4, -0.2) is 6.54 Å². The summed E-state index contributed by atoms with van der Waals surface area (Å²) in [5, 5.41) is 4.90. The molecule has 4 heteroatoms. The van der Waals surface area contributed by atoms with Crippen LogP contribution in [0, 0.1) is 0 Å². The molecule has 1 N–H and O–H groups in total. The highest BCUT2D eigenvalue weighted by molar-refractivity contribution is 7.99. The third kappa shape index (κ3) is 4.71. The molecule has 0 heterocycles. The molecule has 0 bridgehead atoms. The van der Waals surface area contributed by atoms with Crippen LogP contribution in [0.25, 0.3) is 0 Å². The van der Waals surface area contributed by atoms with Gasteiger partial charge >= 0.3 is 0 Å². The molecule has 2 aromatic carbocycles. The molecule has 0 spiro atoms. The molecule has 2 rings (SSSR count). The van der Waals surface area contributed by atoms with E-state index in [2.05, 4.69) is 24.4 Å². The summed E-state index contributed by atoms with van der Waals surface area (Å²) in [4.78, 5) is 2.14. The Morgan fingerprint density at radius 2 is 1.95 bits per heavy atom. The second-order valence-corrected chi connectivity index (χ2v) is 6.46. The molecular weight excluding hydrogens is 309 g/mol. The van der Waals surface area contributed by atoms with Crippen molar-refractivity contribution >= 4 is 35.0 Å². The summed E-state index contributed by atoms with van der Waals surface area (Å²) in [5.74, 6) is 0. The third-order valence-electron chi connectivity index (χ3n) is 2.78. The Balaban J connectivity index is 2.06. The molecule has 0 aliphatic heterocycles. The molecule has 0 saturated heterocycles. The van der Waals surface area contributed by atoms with Crippen LogP contribution in [0.3, 0.4) is 0 Å². The van der Waals surface area contributed by atoms with Crippen molar-refractivity contribution in [2.75, 3.05) is 6.54 Å². The van der Waals surface area contributed by atoms with Crippen LogP contribution in [0.2, 0.25) is 10.0 Å². The van der Waals surface area contributed by atoms with Crippen LogP contribution in [0.5, 0.6) is 0 Å². The van der Waals surface area contributed by atoms with Crippen molar-refractivity contribution in [3.63, 3.8) is 0 Å². The first-order valence-electron chi connectivity index (χ1n) is 6.61. The fraction of sp³-hybridized carbons (Fsp3) is 0.250. The zero-order chi connectivity index (χ0) is 14.4. The number of halogens is 2. The van der Waals surface area contributed by atoms with E-state index in [0.29, 0.717) is 0 Å². The number of rotatable bonds is 6. The maximum absolute atomic E-state index is 6.35. The zero-order valence-electron chi connectivity index (χ0n) is 11.3. The SMILES string of the molecule is CCCNCc1ccc(Sc2cccc(Cl)c2)c(Cl)c1. The Labute approximate surface area is 134 Å². The minimum Gasteiger partial charge on any atom is -0.313 e. The molecular formula is C16H17Cl2NS. The van der Waals surface area contributed by atoms with Gasteiger partial charge in [-0.3, -0.25) is 0 Å². The van der Waals surface area contributed by atoms with E-state index in [1.165, 1.54) is 5.56 Å². The Bertz CT molecular complexity index is 572. The van der Waals surface area contributed by atoms with Crippen LogP contribution in [0.1, 0.15) is 18.9 Å². The van der Waals surface area contributed by atoms with Crippen molar-refractivity contribution < 1.29 is 0 Å². The number of hydrogen-bond donors (Lipinski definition) is 1. The van der Waals surface area contributed by atoms with Gasteiger partial charge < -0.3 is 5.32 Å². The largest absolute Gasteiger partial charge is 0.313 e. The highest BCUT2D eigenvalue weighted by Gasteiger charge is 2.05. The molecule has 0 atom stereocenters. The second-order valence-electron chi connectivity index (χ2n) is 4.50. The summed E-state index contributed by atoms with van der Waals surface area (Å²) in [6.45, 7) is 4.04. The van der Waals surface area contributed by atoms with E-state index < -0.39 is 0 Å². The molecule has 0 unspecified atom stereocenters. The van der Waals surface area contributed by atoms with Crippen LogP contribution in [0.4, 0.5) is 0 Å². The topological polar surface area (TPSA) is 12.0 Å². The van der Waals surface area contributed by atoms with E-state index in [0.717, 1.165) is 39.3 Å². The average Bonchev–Trinajstić information content (AvgIpc) is 2.42. The molecule has 0 fully saturated rings. The highest BCUT2D eigenvalue weighted by Crippen LogP contribution is 2.34. The Morgan fingerprint density at radius 3 is 2.65 bits per heavy atom. The van der Waals surface area contributed by atoms with E-state index >= 15 is 0 Å². The van der Waals surface area contributed by atoms with Crippen molar-refractivity contribution in [3.8, 4) is 0 Å². The fourth-order valence-corrected chi connectivity index (χ4v) is 3.26. The smallest absolute Gasteiger partial charge is 0.0548 e. The predicted octanol–water partition coefficient (Wildman–Crippen LogP) is 5.64. The van der Waals surface area contributed by atoms with Crippen LogP contribution in [-0.2, 0) is 6.54 Å². The summed E-state index contributed by atoms with van der Waals surface area (Å²) in [6, 6.07) is 14.0. The minimum atomic E-state index is 0.742. The summed E-state index contributed by atoms with van der Waals surface area (Å²) >= 11 is 14.0. The number of nitrogens with one attached hydrogen (secondary N) is 1. The second kappa shape index (κ2) is 7.94. The summed E-state index contributed by atoms with van der Waals surface area (Å²) < 4.78 is 0. The van der Waals surface area contributed by atoms with Gasteiger partial charge in [0.15, 0.2) is 0 Å². The first-order chi connectivity index (χ1) is 9.69. The van der Waals surface area contributed by atoms with Crippen LogP contribution < -0.4 is 5.32 Å². The lowest BCUT2D eigenvalue weighted by Gasteiger charge is -2.08. The highest BCUT2D eigenvalue weighted by atomic mass is 35.5.